The zero-order valence-corrected chi connectivity index (χ0v) is 11.5. The normalized spacial score (nSPS) is 26.8. The van der Waals surface area contributed by atoms with Crippen LogP contribution < -0.4 is 5.73 Å². The molecule has 1 aliphatic rings. The predicted molar refractivity (Wildman–Crippen MR) is 73.7 cm³/mol. The van der Waals surface area contributed by atoms with Crippen molar-refractivity contribution in [3.63, 3.8) is 0 Å². The van der Waals surface area contributed by atoms with Crippen molar-refractivity contribution in [3.05, 3.63) is 33.8 Å². The van der Waals surface area contributed by atoms with Crippen molar-refractivity contribution in [2.24, 2.45) is 5.73 Å². The Kier molecular flexibility index (Phi) is 4.31. The van der Waals surface area contributed by atoms with Crippen molar-refractivity contribution in [1.82, 2.24) is 4.90 Å². The fourth-order valence-corrected chi connectivity index (χ4v) is 2.87. The fraction of sp³-hybridized carbons (Fsp3) is 0.538. The lowest BCUT2D eigenvalue weighted by Crippen LogP contribution is -2.37. The Hall–Kier alpha value is -0.280. The molecule has 0 aliphatic carbocycles. The van der Waals surface area contributed by atoms with Gasteiger partial charge in [0.25, 0.3) is 0 Å². The highest BCUT2D eigenvalue weighted by atomic mass is 35.5. The summed E-state index contributed by atoms with van der Waals surface area (Å²) in [7, 11) is 2.12. The second kappa shape index (κ2) is 5.57. The summed E-state index contributed by atoms with van der Waals surface area (Å²) >= 11 is 12.0. The van der Waals surface area contributed by atoms with Crippen LogP contribution in [-0.2, 0) is 0 Å². The first-order valence-corrected chi connectivity index (χ1v) is 6.76. The van der Waals surface area contributed by atoms with E-state index in [2.05, 4.69) is 11.9 Å². The number of hydrogen-bond donors (Lipinski definition) is 1. The van der Waals surface area contributed by atoms with Gasteiger partial charge in [0.2, 0.25) is 0 Å². The molecule has 2 unspecified atom stereocenters. The second-order valence-corrected chi connectivity index (χ2v) is 5.57. The third kappa shape index (κ3) is 2.94. The summed E-state index contributed by atoms with van der Waals surface area (Å²) in [5.41, 5.74) is 7.44. The molecule has 0 bridgehead atoms. The van der Waals surface area contributed by atoms with Gasteiger partial charge in [0.05, 0.1) is 10.0 Å². The van der Waals surface area contributed by atoms with E-state index >= 15 is 0 Å². The van der Waals surface area contributed by atoms with Crippen LogP contribution >= 0.6 is 23.2 Å². The first-order valence-electron chi connectivity index (χ1n) is 6.00. The van der Waals surface area contributed by atoms with E-state index in [4.69, 9.17) is 28.9 Å². The molecule has 2 rings (SSSR count). The maximum absolute atomic E-state index is 6.27. The van der Waals surface area contributed by atoms with E-state index in [1.54, 1.807) is 0 Å². The zero-order valence-electron chi connectivity index (χ0n) is 10.00. The molecular weight excluding hydrogens is 255 g/mol. The minimum absolute atomic E-state index is 0.166. The van der Waals surface area contributed by atoms with E-state index in [9.17, 15) is 0 Å². The number of likely N-dealkylation sites (N-methyl/N-ethyl adjacent to an activating group) is 1. The van der Waals surface area contributed by atoms with Crippen LogP contribution in [0, 0.1) is 0 Å². The second-order valence-electron chi connectivity index (χ2n) is 4.76. The first-order chi connectivity index (χ1) is 8.09. The Bertz CT molecular complexity index is 383. The summed E-state index contributed by atoms with van der Waals surface area (Å²) in [6.07, 6.45) is 3.47. The minimum atomic E-state index is 0.166. The molecular formula is C13H18Cl2N2. The van der Waals surface area contributed by atoms with Gasteiger partial charge in [-0.05, 0) is 44.1 Å². The summed E-state index contributed by atoms with van der Waals surface area (Å²) in [5.74, 6) is 0. The Morgan fingerprint density at radius 1 is 1.24 bits per heavy atom. The van der Waals surface area contributed by atoms with Crippen LogP contribution in [0.5, 0.6) is 0 Å². The predicted octanol–water partition coefficient (Wildman–Crippen LogP) is 3.48. The standard InChI is InChI=1S/C13H18Cl2N2/c1-17-7-3-2-4-12(16)13(17)9-5-6-10(14)11(15)8-9/h5-6,8,12-13H,2-4,7,16H2,1H3. The third-order valence-electron chi connectivity index (χ3n) is 3.46. The lowest BCUT2D eigenvalue weighted by molar-refractivity contribution is 0.230. The molecule has 94 valence electrons. The van der Waals surface area contributed by atoms with Crippen molar-refractivity contribution >= 4 is 23.2 Å². The Morgan fingerprint density at radius 3 is 2.71 bits per heavy atom. The molecule has 1 aliphatic heterocycles. The number of halogens is 2. The largest absolute Gasteiger partial charge is 0.326 e. The monoisotopic (exact) mass is 272 g/mol. The number of benzene rings is 1. The Balaban J connectivity index is 2.31. The van der Waals surface area contributed by atoms with Gasteiger partial charge in [0.1, 0.15) is 0 Å². The fourth-order valence-electron chi connectivity index (χ4n) is 2.56. The van der Waals surface area contributed by atoms with E-state index in [0.717, 1.165) is 18.5 Å². The smallest absolute Gasteiger partial charge is 0.0595 e. The van der Waals surface area contributed by atoms with E-state index in [0.29, 0.717) is 10.0 Å². The molecule has 1 aromatic rings. The van der Waals surface area contributed by atoms with Gasteiger partial charge in [0.15, 0.2) is 0 Å². The van der Waals surface area contributed by atoms with Crippen LogP contribution in [-0.4, -0.2) is 24.5 Å². The molecule has 0 aromatic heterocycles. The minimum Gasteiger partial charge on any atom is -0.326 e. The number of hydrogen-bond acceptors (Lipinski definition) is 2. The number of nitrogens with zero attached hydrogens (tertiary/aromatic N) is 1. The third-order valence-corrected chi connectivity index (χ3v) is 4.20. The summed E-state index contributed by atoms with van der Waals surface area (Å²) < 4.78 is 0. The lowest BCUT2D eigenvalue weighted by Gasteiger charge is -2.30. The van der Waals surface area contributed by atoms with E-state index < -0.39 is 0 Å². The average Bonchev–Trinajstić information content (AvgIpc) is 2.45. The van der Waals surface area contributed by atoms with Crippen LogP contribution in [0.3, 0.4) is 0 Å². The van der Waals surface area contributed by atoms with Gasteiger partial charge in [-0.15, -0.1) is 0 Å². The number of nitrogens with two attached hydrogens (primary N) is 1. The van der Waals surface area contributed by atoms with E-state index in [1.807, 2.05) is 18.2 Å². The molecule has 2 atom stereocenters. The van der Waals surface area contributed by atoms with Crippen molar-refractivity contribution in [1.29, 1.82) is 0 Å². The van der Waals surface area contributed by atoms with Gasteiger partial charge in [0, 0.05) is 12.1 Å². The SMILES string of the molecule is CN1CCCCC(N)C1c1ccc(Cl)c(Cl)c1. The summed E-state index contributed by atoms with van der Waals surface area (Å²) in [6.45, 7) is 1.08. The van der Waals surface area contributed by atoms with Crippen LogP contribution in [0.2, 0.25) is 10.0 Å². The molecule has 0 saturated carbocycles. The van der Waals surface area contributed by atoms with Crippen LogP contribution in [0.15, 0.2) is 18.2 Å². The highest BCUT2D eigenvalue weighted by Gasteiger charge is 2.26. The maximum atomic E-state index is 6.27. The van der Waals surface area contributed by atoms with Crippen molar-refractivity contribution in [3.8, 4) is 0 Å². The topological polar surface area (TPSA) is 29.3 Å². The molecule has 1 fully saturated rings. The molecule has 0 spiro atoms. The van der Waals surface area contributed by atoms with E-state index in [1.165, 1.54) is 12.8 Å². The quantitative estimate of drug-likeness (QED) is 0.848. The summed E-state index contributed by atoms with van der Waals surface area (Å²) in [4.78, 5) is 2.32. The van der Waals surface area contributed by atoms with Crippen molar-refractivity contribution < 1.29 is 0 Å². The number of rotatable bonds is 1. The van der Waals surface area contributed by atoms with Gasteiger partial charge in [-0.3, -0.25) is 4.90 Å². The summed E-state index contributed by atoms with van der Waals surface area (Å²) in [6, 6.07) is 6.23. The van der Waals surface area contributed by atoms with Crippen LogP contribution in [0.25, 0.3) is 0 Å². The molecule has 4 heteroatoms. The highest BCUT2D eigenvalue weighted by molar-refractivity contribution is 6.42. The highest BCUT2D eigenvalue weighted by Crippen LogP contribution is 2.32. The van der Waals surface area contributed by atoms with Gasteiger partial charge in [-0.1, -0.05) is 35.7 Å². The average molecular weight is 273 g/mol. The van der Waals surface area contributed by atoms with Gasteiger partial charge in [-0.2, -0.15) is 0 Å². The maximum Gasteiger partial charge on any atom is 0.0595 e. The Morgan fingerprint density at radius 2 is 2.00 bits per heavy atom. The summed E-state index contributed by atoms with van der Waals surface area (Å²) in [5, 5.41) is 1.20. The molecule has 1 saturated heterocycles. The molecule has 2 nitrogen and oxygen atoms in total. The number of likely N-dealkylation sites (tertiary alicyclic amines) is 1. The molecule has 2 N–H and O–H groups in total. The van der Waals surface area contributed by atoms with Crippen LogP contribution in [0.1, 0.15) is 30.9 Å². The molecule has 0 amide bonds. The van der Waals surface area contributed by atoms with Crippen LogP contribution in [0.4, 0.5) is 0 Å². The molecule has 17 heavy (non-hydrogen) atoms. The van der Waals surface area contributed by atoms with Crippen molar-refractivity contribution in [2.45, 2.75) is 31.3 Å². The molecule has 1 aromatic carbocycles. The zero-order chi connectivity index (χ0) is 12.4. The van der Waals surface area contributed by atoms with E-state index in [-0.39, 0.29) is 12.1 Å². The van der Waals surface area contributed by atoms with Gasteiger partial charge >= 0.3 is 0 Å². The molecule has 1 heterocycles. The van der Waals surface area contributed by atoms with Gasteiger partial charge in [-0.25, -0.2) is 0 Å². The van der Waals surface area contributed by atoms with Crippen molar-refractivity contribution in [2.75, 3.05) is 13.6 Å². The molecule has 0 radical (unpaired) electrons. The first kappa shape index (κ1) is 13.2. The Labute approximate surface area is 113 Å². The van der Waals surface area contributed by atoms with Gasteiger partial charge < -0.3 is 5.73 Å². The lowest BCUT2D eigenvalue weighted by atomic mass is 9.97.